The number of thiazole rings is 1. The Balaban J connectivity index is 1.84. The van der Waals surface area contributed by atoms with E-state index in [0.717, 1.165) is 16.8 Å². The number of allylic oxidation sites excluding steroid dienone is 2. The number of fused-ring (bicyclic) bond motifs is 1. The van der Waals surface area contributed by atoms with Crippen molar-refractivity contribution in [2.45, 2.75) is 6.54 Å². The lowest BCUT2D eigenvalue weighted by Gasteiger charge is -2.09. The molecule has 0 saturated carbocycles. The van der Waals surface area contributed by atoms with E-state index in [2.05, 4.69) is 10.7 Å². The molecular weight excluding hydrogens is 352 g/mol. The number of aromatic nitrogens is 2. The maximum absolute atomic E-state index is 12.5. The molecule has 0 radical (unpaired) electrons. The molecular formula is C19H12N2O2S2. The highest BCUT2D eigenvalue weighted by Crippen LogP contribution is 2.25. The fourth-order valence-corrected chi connectivity index (χ4v) is 3.68. The second kappa shape index (κ2) is 6.61. The Morgan fingerprint density at radius 3 is 3.16 bits per heavy atom. The normalized spacial score (nSPS) is 12.2. The molecule has 3 aromatic rings. The molecule has 1 aliphatic carbocycles. The van der Waals surface area contributed by atoms with Crippen LogP contribution >= 0.6 is 23.6 Å². The van der Waals surface area contributed by atoms with Gasteiger partial charge in [-0.3, -0.25) is 4.98 Å². The zero-order valence-corrected chi connectivity index (χ0v) is 14.6. The van der Waals surface area contributed by atoms with Gasteiger partial charge in [0, 0.05) is 29.4 Å². The van der Waals surface area contributed by atoms with Crippen molar-refractivity contribution in [2.75, 3.05) is 0 Å². The van der Waals surface area contributed by atoms with Crippen LogP contribution in [0.1, 0.15) is 16.9 Å². The van der Waals surface area contributed by atoms with Crippen LogP contribution in [-0.4, -0.2) is 9.55 Å². The second-order valence-corrected chi connectivity index (χ2v) is 6.94. The van der Waals surface area contributed by atoms with Crippen molar-refractivity contribution in [3.8, 4) is 11.3 Å². The molecule has 0 aromatic carbocycles. The van der Waals surface area contributed by atoms with Gasteiger partial charge in [-0.15, -0.1) is 17.1 Å². The summed E-state index contributed by atoms with van der Waals surface area (Å²) in [6.45, 7) is 0.555. The zero-order valence-electron chi connectivity index (χ0n) is 13.0. The van der Waals surface area contributed by atoms with E-state index in [1.54, 1.807) is 24.5 Å². The third-order valence-corrected chi connectivity index (χ3v) is 5.08. The van der Waals surface area contributed by atoms with E-state index in [9.17, 15) is 4.79 Å². The highest BCUT2D eigenvalue weighted by Gasteiger charge is 2.15. The summed E-state index contributed by atoms with van der Waals surface area (Å²) in [5, 5.41) is 1.89. The van der Waals surface area contributed by atoms with Gasteiger partial charge in [0.1, 0.15) is 5.76 Å². The molecule has 0 bridgehead atoms. The van der Waals surface area contributed by atoms with Crippen LogP contribution in [0.25, 0.3) is 23.4 Å². The van der Waals surface area contributed by atoms with Crippen LogP contribution in [-0.2, 0) is 6.54 Å². The van der Waals surface area contributed by atoms with E-state index >= 15 is 0 Å². The highest BCUT2D eigenvalue weighted by molar-refractivity contribution is 7.73. The van der Waals surface area contributed by atoms with E-state index in [1.165, 1.54) is 11.3 Å². The standard InChI is InChI=1S/C19H12N2O2S2/c22-18-15(9-14-6-2-1-3-7-17(14)23-18)16-12-25-19(24)21(16)11-13-5-4-8-20-10-13/h1-2,4-10,12H,11H2. The van der Waals surface area contributed by atoms with E-state index < -0.39 is 0 Å². The molecule has 3 heterocycles. The summed E-state index contributed by atoms with van der Waals surface area (Å²) in [5.41, 5.74) is 5.65. The Hall–Kier alpha value is -2.79. The number of rotatable bonds is 3. The van der Waals surface area contributed by atoms with Crippen molar-refractivity contribution in [1.29, 1.82) is 0 Å². The van der Waals surface area contributed by atoms with Crippen LogP contribution in [0.15, 0.2) is 63.1 Å². The first-order chi connectivity index (χ1) is 12.2. The van der Waals surface area contributed by atoms with Crippen molar-refractivity contribution in [1.82, 2.24) is 9.55 Å². The Bertz CT molecular complexity index is 1140. The molecule has 0 amide bonds. The van der Waals surface area contributed by atoms with Gasteiger partial charge in [-0.2, -0.15) is 0 Å². The SMILES string of the molecule is O=c1oc2c(cc1-c1csc(=S)n1Cc1cccnc1)C=CC=C=C2. The molecule has 25 heavy (non-hydrogen) atoms. The monoisotopic (exact) mass is 364 g/mol. The molecule has 0 fully saturated rings. The van der Waals surface area contributed by atoms with Gasteiger partial charge < -0.3 is 8.98 Å². The fourth-order valence-electron chi connectivity index (χ4n) is 2.62. The number of hydrogen-bond donors (Lipinski definition) is 0. The molecule has 0 atom stereocenters. The number of hydrogen-bond acceptors (Lipinski definition) is 5. The lowest BCUT2D eigenvalue weighted by molar-refractivity contribution is 0.501. The molecule has 122 valence electrons. The van der Waals surface area contributed by atoms with Crippen molar-refractivity contribution in [3.63, 3.8) is 0 Å². The minimum absolute atomic E-state index is 0.389. The van der Waals surface area contributed by atoms with Crippen LogP contribution < -0.4 is 5.63 Å². The summed E-state index contributed by atoms with van der Waals surface area (Å²) in [7, 11) is 0. The Labute approximate surface area is 152 Å². The van der Waals surface area contributed by atoms with Crippen LogP contribution in [0.5, 0.6) is 0 Å². The van der Waals surface area contributed by atoms with Gasteiger partial charge >= 0.3 is 5.63 Å². The Morgan fingerprint density at radius 1 is 1.40 bits per heavy atom. The zero-order chi connectivity index (χ0) is 17.2. The minimum atomic E-state index is -0.389. The molecule has 3 aromatic heterocycles. The predicted octanol–water partition coefficient (Wildman–Crippen LogP) is 4.54. The summed E-state index contributed by atoms with van der Waals surface area (Å²) in [6.07, 6.45) is 10.7. The minimum Gasteiger partial charge on any atom is -0.422 e. The molecule has 1 aliphatic rings. The molecule has 0 N–H and O–H groups in total. The first-order valence-corrected chi connectivity index (χ1v) is 8.86. The first-order valence-electron chi connectivity index (χ1n) is 7.57. The summed E-state index contributed by atoms with van der Waals surface area (Å²) in [4.78, 5) is 16.6. The van der Waals surface area contributed by atoms with E-state index in [1.807, 2.05) is 40.3 Å². The van der Waals surface area contributed by atoms with Gasteiger partial charge in [-0.1, -0.05) is 18.2 Å². The Morgan fingerprint density at radius 2 is 2.32 bits per heavy atom. The van der Waals surface area contributed by atoms with E-state index in [0.29, 0.717) is 21.8 Å². The maximum atomic E-state index is 12.5. The van der Waals surface area contributed by atoms with Crippen LogP contribution in [0, 0.1) is 3.95 Å². The van der Waals surface area contributed by atoms with Gasteiger partial charge in [-0.25, -0.2) is 4.79 Å². The smallest absolute Gasteiger partial charge is 0.345 e. The summed E-state index contributed by atoms with van der Waals surface area (Å²) in [5.74, 6) is 0.506. The van der Waals surface area contributed by atoms with Gasteiger partial charge in [-0.05, 0) is 36.0 Å². The van der Waals surface area contributed by atoms with Crippen LogP contribution in [0.4, 0.5) is 0 Å². The summed E-state index contributed by atoms with van der Waals surface area (Å²) >= 11 is 6.88. The van der Waals surface area contributed by atoms with Crippen molar-refractivity contribution in [3.05, 3.63) is 85.1 Å². The van der Waals surface area contributed by atoms with Crippen LogP contribution in [0.3, 0.4) is 0 Å². The molecule has 0 spiro atoms. The molecule has 0 saturated heterocycles. The van der Waals surface area contributed by atoms with Gasteiger partial charge in [0.05, 0.1) is 17.8 Å². The van der Waals surface area contributed by atoms with Crippen molar-refractivity contribution >= 4 is 35.7 Å². The lowest BCUT2D eigenvalue weighted by Crippen LogP contribution is -2.10. The fraction of sp³-hybridized carbons (Fsp3) is 0.0526. The van der Waals surface area contributed by atoms with E-state index in [4.69, 9.17) is 16.6 Å². The molecule has 0 aliphatic heterocycles. The second-order valence-electron chi connectivity index (χ2n) is 5.44. The van der Waals surface area contributed by atoms with Crippen molar-refractivity contribution < 1.29 is 4.42 Å². The van der Waals surface area contributed by atoms with Crippen LogP contribution in [0.2, 0.25) is 0 Å². The Kier molecular flexibility index (Phi) is 4.15. The lowest BCUT2D eigenvalue weighted by atomic mass is 10.1. The summed E-state index contributed by atoms with van der Waals surface area (Å²) < 4.78 is 8.11. The van der Waals surface area contributed by atoms with Crippen molar-refractivity contribution in [2.24, 2.45) is 0 Å². The van der Waals surface area contributed by atoms with E-state index in [-0.39, 0.29) is 5.63 Å². The summed E-state index contributed by atoms with van der Waals surface area (Å²) in [6, 6.07) is 5.70. The molecule has 4 nitrogen and oxygen atoms in total. The van der Waals surface area contributed by atoms with Gasteiger partial charge in [0.15, 0.2) is 3.95 Å². The quantitative estimate of drug-likeness (QED) is 0.506. The third-order valence-electron chi connectivity index (χ3n) is 3.81. The van der Waals surface area contributed by atoms with Gasteiger partial charge in [0.2, 0.25) is 0 Å². The number of pyridine rings is 1. The third kappa shape index (κ3) is 3.10. The van der Waals surface area contributed by atoms with Gasteiger partial charge in [0.25, 0.3) is 0 Å². The molecule has 4 rings (SSSR count). The predicted molar refractivity (Wildman–Crippen MR) is 102 cm³/mol. The highest BCUT2D eigenvalue weighted by atomic mass is 32.1. The number of nitrogens with zero attached hydrogens (tertiary/aromatic N) is 2. The average Bonchev–Trinajstić information content (AvgIpc) is 2.83. The topological polar surface area (TPSA) is 48.0 Å². The molecule has 0 unspecified atom stereocenters. The first kappa shape index (κ1) is 15.7. The largest absolute Gasteiger partial charge is 0.422 e. The average molecular weight is 364 g/mol. The maximum Gasteiger partial charge on any atom is 0.345 e. The molecule has 6 heteroatoms.